The summed E-state index contributed by atoms with van der Waals surface area (Å²) in [6.07, 6.45) is 9.49. The Morgan fingerprint density at radius 2 is 1.88 bits per heavy atom. The highest BCUT2D eigenvalue weighted by molar-refractivity contribution is 5.30. The first kappa shape index (κ1) is 11.7. The van der Waals surface area contributed by atoms with E-state index in [1.165, 1.54) is 50.5 Å². The van der Waals surface area contributed by atoms with E-state index in [2.05, 4.69) is 38.1 Å². The molecule has 16 heavy (non-hydrogen) atoms. The molecule has 88 valence electrons. The van der Waals surface area contributed by atoms with Crippen molar-refractivity contribution in [3.8, 4) is 0 Å². The van der Waals surface area contributed by atoms with Crippen molar-refractivity contribution < 1.29 is 0 Å². The number of benzene rings is 1. The molecule has 1 aliphatic carbocycles. The summed E-state index contributed by atoms with van der Waals surface area (Å²) in [7, 11) is 0. The molecule has 0 atom stereocenters. The molecule has 0 N–H and O–H groups in total. The highest BCUT2D eigenvalue weighted by atomic mass is 14.3. The summed E-state index contributed by atoms with van der Waals surface area (Å²) in [6.45, 7) is 4.71. The minimum absolute atomic E-state index is 0.460. The molecular formula is C16H24. The first-order chi connectivity index (χ1) is 7.74. The fourth-order valence-electron chi connectivity index (χ4n) is 3.01. The molecule has 0 aliphatic heterocycles. The molecule has 0 spiro atoms. The Balaban J connectivity index is 2.21. The van der Waals surface area contributed by atoms with Gasteiger partial charge in [0.1, 0.15) is 0 Å². The maximum Gasteiger partial charge on any atom is -0.00751 e. The van der Waals surface area contributed by atoms with Crippen LogP contribution in [0.25, 0.3) is 0 Å². The highest BCUT2D eigenvalue weighted by Gasteiger charge is 2.28. The van der Waals surface area contributed by atoms with Crippen LogP contribution in [0.15, 0.2) is 24.3 Å². The molecule has 0 bridgehead atoms. The molecule has 2 rings (SSSR count). The van der Waals surface area contributed by atoms with Gasteiger partial charge < -0.3 is 0 Å². The monoisotopic (exact) mass is 216 g/mol. The average molecular weight is 216 g/mol. The SMILES string of the molecule is CCCc1cccc(C2(C)CCCCC2)c1. The molecule has 1 aromatic rings. The Morgan fingerprint density at radius 1 is 1.12 bits per heavy atom. The molecule has 1 fully saturated rings. The van der Waals surface area contributed by atoms with Crippen molar-refractivity contribution in [2.24, 2.45) is 0 Å². The van der Waals surface area contributed by atoms with Gasteiger partial charge in [0, 0.05) is 0 Å². The minimum Gasteiger partial charge on any atom is -0.0651 e. The quantitative estimate of drug-likeness (QED) is 0.677. The fraction of sp³-hybridized carbons (Fsp3) is 0.625. The van der Waals surface area contributed by atoms with E-state index >= 15 is 0 Å². The molecule has 0 unspecified atom stereocenters. The summed E-state index contributed by atoms with van der Waals surface area (Å²) in [5.41, 5.74) is 3.56. The third-order valence-electron chi connectivity index (χ3n) is 4.12. The van der Waals surface area contributed by atoms with Crippen LogP contribution >= 0.6 is 0 Å². The second kappa shape index (κ2) is 5.03. The van der Waals surface area contributed by atoms with E-state index < -0.39 is 0 Å². The van der Waals surface area contributed by atoms with Crippen LogP contribution in [0.4, 0.5) is 0 Å². The zero-order valence-corrected chi connectivity index (χ0v) is 10.8. The molecule has 0 nitrogen and oxygen atoms in total. The molecular weight excluding hydrogens is 192 g/mol. The van der Waals surface area contributed by atoms with E-state index in [1.54, 1.807) is 5.56 Å². The predicted molar refractivity (Wildman–Crippen MR) is 70.9 cm³/mol. The van der Waals surface area contributed by atoms with Crippen LogP contribution in [-0.2, 0) is 11.8 Å². The summed E-state index contributed by atoms with van der Waals surface area (Å²) in [5, 5.41) is 0. The van der Waals surface area contributed by atoms with Crippen LogP contribution < -0.4 is 0 Å². The van der Waals surface area contributed by atoms with Crippen molar-refractivity contribution in [3.05, 3.63) is 35.4 Å². The zero-order chi connectivity index (χ0) is 11.4. The average Bonchev–Trinajstić information content (AvgIpc) is 2.31. The van der Waals surface area contributed by atoms with Gasteiger partial charge >= 0.3 is 0 Å². The van der Waals surface area contributed by atoms with E-state index in [-0.39, 0.29) is 0 Å². The third-order valence-corrected chi connectivity index (χ3v) is 4.12. The van der Waals surface area contributed by atoms with Gasteiger partial charge in [-0.1, -0.05) is 63.8 Å². The lowest BCUT2D eigenvalue weighted by Gasteiger charge is -2.34. The van der Waals surface area contributed by atoms with E-state index in [4.69, 9.17) is 0 Å². The van der Waals surface area contributed by atoms with Crippen LogP contribution in [-0.4, -0.2) is 0 Å². The maximum atomic E-state index is 2.46. The van der Waals surface area contributed by atoms with Crippen molar-refractivity contribution in [1.82, 2.24) is 0 Å². The summed E-state index contributed by atoms with van der Waals surface area (Å²) in [5.74, 6) is 0. The van der Waals surface area contributed by atoms with Gasteiger partial charge in [0.2, 0.25) is 0 Å². The van der Waals surface area contributed by atoms with Gasteiger partial charge in [0.15, 0.2) is 0 Å². The van der Waals surface area contributed by atoms with Crippen molar-refractivity contribution in [2.75, 3.05) is 0 Å². The molecule has 0 amide bonds. The maximum absolute atomic E-state index is 2.46. The van der Waals surface area contributed by atoms with Crippen molar-refractivity contribution in [3.63, 3.8) is 0 Å². The zero-order valence-electron chi connectivity index (χ0n) is 10.8. The first-order valence-corrected chi connectivity index (χ1v) is 6.84. The second-order valence-electron chi connectivity index (χ2n) is 5.57. The molecule has 0 radical (unpaired) electrons. The largest absolute Gasteiger partial charge is 0.0651 e. The summed E-state index contributed by atoms with van der Waals surface area (Å²) in [4.78, 5) is 0. The Hall–Kier alpha value is -0.780. The van der Waals surface area contributed by atoms with E-state index in [1.807, 2.05) is 0 Å². The van der Waals surface area contributed by atoms with Crippen molar-refractivity contribution in [1.29, 1.82) is 0 Å². The van der Waals surface area contributed by atoms with Gasteiger partial charge in [0.05, 0.1) is 0 Å². The number of rotatable bonds is 3. The number of aryl methyl sites for hydroxylation is 1. The Labute approximate surface area is 100 Å². The van der Waals surface area contributed by atoms with Crippen LogP contribution in [0, 0.1) is 0 Å². The van der Waals surface area contributed by atoms with E-state index in [0.717, 1.165) is 0 Å². The first-order valence-electron chi connectivity index (χ1n) is 6.84. The lowest BCUT2D eigenvalue weighted by molar-refractivity contribution is 0.319. The highest BCUT2D eigenvalue weighted by Crippen LogP contribution is 2.39. The molecule has 1 aliphatic rings. The molecule has 0 heteroatoms. The minimum atomic E-state index is 0.460. The van der Waals surface area contributed by atoms with E-state index in [9.17, 15) is 0 Å². The third kappa shape index (κ3) is 2.48. The van der Waals surface area contributed by atoms with Gasteiger partial charge in [-0.25, -0.2) is 0 Å². The van der Waals surface area contributed by atoms with Crippen molar-refractivity contribution >= 4 is 0 Å². The van der Waals surface area contributed by atoms with Crippen LogP contribution in [0.2, 0.25) is 0 Å². The summed E-state index contributed by atoms with van der Waals surface area (Å²) in [6, 6.07) is 9.32. The van der Waals surface area contributed by atoms with Gasteiger partial charge in [-0.3, -0.25) is 0 Å². The number of hydrogen-bond acceptors (Lipinski definition) is 0. The molecule has 0 saturated heterocycles. The van der Waals surface area contributed by atoms with Gasteiger partial charge in [-0.2, -0.15) is 0 Å². The van der Waals surface area contributed by atoms with Crippen molar-refractivity contribution in [2.45, 2.75) is 64.2 Å². The van der Waals surface area contributed by atoms with Crippen LogP contribution in [0.5, 0.6) is 0 Å². The summed E-state index contributed by atoms with van der Waals surface area (Å²) < 4.78 is 0. The smallest absolute Gasteiger partial charge is 0.00751 e. The standard InChI is InChI=1S/C16H24/c1-3-8-14-9-7-10-15(13-14)16(2)11-5-4-6-12-16/h7,9-10,13H,3-6,8,11-12H2,1-2H3. The van der Waals surface area contributed by atoms with Gasteiger partial charge in [-0.15, -0.1) is 0 Å². The Morgan fingerprint density at radius 3 is 2.56 bits per heavy atom. The second-order valence-corrected chi connectivity index (χ2v) is 5.57. The molecule has 0 aromatic heterocycles. The van der Waals surface area contributed by atoms with E-state index in [0.29, 0.717) is 5.41 Å². The Kier molecular flexibility index (Phi) is 3.68. The fourth-order valence-corrected chi connectivity index (χ4v) is 3.01. The molecule has 1 saturated carbocycles. The number of hydrogen-bond donors (Lipinski definition) is 0. The molecule has 1 aromatic carbocycles. The van der Waals surface area contributed by atoms with Gasteiger partial charge in [-0.05, 0) is 35.8 Å². The van der Waals surface area contributed by atoms with Gasteiger partial charge in [0.25, 0.3) is 0 Å². The predicted octanol–water partition coefficient (Wildman–Crippen LogP) is 4.86. The van der Waals surface area contributed by atoms with Crippen LogP contribution in [0.1, 0.15) is 63.5 Å². The Bertz CT molecular complexity index is 332. The lowest BCUT2D eigenvalue weighted by Crippen LogP contribution is -2.25. The topological polar surface area (TPSA) is 0 Å². The van der Waals surface area contributed by atoms with Crippen LogP contribution in [0.3, 0.4) is 0 Å². The normalized spacial score (nSPS) is 19.6. The molecule has 0 heterocycles. The lowest BCUT2D eigenvalue weighted by atomic mass is 9.71. The summed E-state index contributed by atoms with van der Waals surface area (Å²) >= 11 is 0.